The molecule has 0 aliphatic rings. The summed E-state index contributed by atoms with van der Waals surface area (Å²) in [5.41, 5.74) is 2.88. The third kappa shape index (κ3) is 1.95. The second-order valence-corrected chi connectivity index (χ2v) is 3.96. The largest absolute Gasteiger partial charge is 0.343 e. The van der Waals surface area contributed by atoms with Crippen LogP contribution in [0.4, 0.5) is 0 Å². The Balaban J connectivity index is 1.84. The van der Waals surface area contributed by atoms with Crippen LogP contribution in [-0.4, -0.2) is 25.0 Å². The van der Waals surface area contributed by atoms with Crippen LogP contribution in [0.2, 0.25) is 0 Å². The quantitative estimate of drug-likeness (QED) is 0.718. The van der Waals surface area contributed by atoms with Gasteiger partial charge >= 0.3 is 5.69 Å². The van der Waals surface area contributed by atoms with E-state index in [1.807, 2.05) is 30.3 Å². The van der Waals surface area contributed by atoms with E-state index in [0.29, 0.717) is 6.54 Å². The van der Waals surface area contributed by atoms with Crippen LogP contribution >= 0.6 is 0 Å². The second-order valence-electron chi connectivity index (χ2n) is 3.96. The molecule has 0 bridgehead atoms. The zero-order chi connectivity index (χ0) is 12.4. The summed E-state index contributed by atoms with van der Waals surface area (Å²) in [5, 5.41) is 12.9. The zero-order valence-electron chi connectivity index (χ0n) is 9.50. The highest BCUT2D eigenvalue weighted by molar-refractivity contribution is 5.58. The number of hydrogen-bond acceptors (Lipinski definition) is 3. The predicted molar refractivity (Wildman–Crippen MR) is 66.0 cm³/mol. The summed E-state index contributed by atoms with van der Waals surface area (Å²) in [6.07, 6.45) is 3.21. The molecule has 0 saturated heterocycles. The molecular formula is C12H11N5O. The molecule has 2 N–H and O–H groups in total. The van der Waals surface area contributed by atoms with E-state index < -0.39 is 0 Å². The van der Waals surface area contributed by atoms with E-state index in [4.69, 9.17) is 0 Å². The highest BCUT2D eigenvalue weighted by Gasteiger charge is 2.01. The summed E-state index contributed by atoms with van der Waals surface area (Å²) in [5.74, 6) is 0. The number of nitrogens with one attached hydrogen (secondary N) is 2. The number of benzene rings is 1. The Labute approximate surface area is 102 Å². The molecule has 90 valence electrons. The van der Waals surface area contributed by atoms with Gasteiger partial charge in [0.15, 0.2) is 0 Å². The maximum atomic E-state index is 11.3. The fraction of sp³-hybridized carbons (Fsp3) is 0.0833. The Morgan fingerprint density at radius 1 is 1.06 bits per heavy atom. The van der Waals surface area contributed by atoms with Crippen molar-refractivity contribution in [3.63, 3.8) is 0 Å². The van der Waals surface area contributed by atoms with Crippen LogP contribution < -0.4 is 5.69 Å². The lowest BCUT2D eigenvalue weighted by Gasteiger charge is -2.02. The maximum absolute atomic E-state index is 11.3. The Kier molecular flexibility index (Phi) is 2.53. The smallest absolute Gasteiger partial charge is 0.278 e. The Hall–Kier alpha value is -2.63. The lowest BCUT2D eigenvalue weighted by atomic mass is 10.1. The molecule has 0 fully saturated rings. The van der Waals surface area contributed by atoms with Gasteiger partial charge in [-0.15, -0.1) is 0 Å². The first-order valence-corrected chi connectivity index (χ1v) is 5.51. The first kappa shape index (κ1) is 10.5. The molecule has 3 aromatic rings. The molecule has 0 amide bonds. The van der Waals surface area contributed by atoms with Crippen LogP contribution in [0.1, 0.15) is 5.56 Å². The minimum atomic E-state index is -0.201. The topological polar surface area (TPSA) is 79.4 Å². The minimum Gasteiger partial charge on any atom is -0.278 e. The number of aromatic amines is 2. The average Bonchev–Trinajstić information content (AvgIpc) is 3.03. The van der Waals surface area contributed by atoms with Gasteiger partial charge in [-0.25, -0.2) is 9.89 Å². The Morgan fingerprint density at radius 2 is 1.89 bits per heavy atom. The van der Waals surface area contributed by atoms with Crippen LogP contribution in [0.15, 0.2) is 47.7 Å². The van der Waals surface area contributed by atoms with Crippen molar-refractivity contribution in [2.24, 2.45) is 0 Å². The van der Waals surface area contributed by atoms with E-state index >= 15 is 0 Å². The summed E-state index contributed by atoms with van der Waals surface area (Å²) in [7, 11) is 0. The summed E-state index contributed by atoms with van der Waals surface area (Å²) < 4.78 is 1.52. The molecule has 0 unspecified atom stereocenters. The first-order chi connectivity index (χ1) is 8.83. The number of hydrogen-bond donors (Lipinski definition) is 2. The second kappa shape index (κ2) is 4.33. The number of H-pyrrole nitrogens is 2. The van der Waals surface area contributed by atoms with Gasteiger partial charge in [-0.3, -0.25) is 9.67 Å². The molecule has 0 aliphatic carbocycles. The summed E-state index contributed by atoms with van der Waals surface area (Å²) >= 11 is 0. The molecule has 0 spiro atoms. The molecule has 0 saturated carbocycles. The van der Waals surface area contributed by atoms with E-state index in [1.165, 1.54) is 10.9 Å². The van der Waals surface area contributed by atoms with Crippen molar-refractivity contribution in [3.05, 3.63) is 58.9 Å². The van der Waals surface area contributed by atoms with E-state index in [2.05, 4.69) is 20.4 Å². The monoisotopic (exact) mass is 241 g/mol. The predicted octanol–water partition coefficient (Wildman–Crippen LogP) is 1.01. The van der Waals surface area contributed by atoms with Gasteiger partial charge in [-0.2, -0.15) is 10.2 Å². The molecule has 18 heavy (non-hydrogen) atoms. The molecule has 2 aromatic heterocycles. The highest BCUT2D eigenvalue weighted by Crippen LogP contribution is 2.16. The highest BCUT2D eigenvalue weighted by atomic mass is 16.1. The van der Waals surface area contributed by atoms with E-state index in [0.717, 1.165) is 16.8 Å². The fourth-order valence-electron chi connectivity index (χ4n) is 1.79. The van der Waals surface area contributed by atoms with Gasteiger partial charge in [0.05, 0.1) is 12.2 Å². The Bertz CT molecular complexity index is 678. The van der Waals surface area contributed by atoms with Gasteiger partial charge in [-0.05, 0) is 17.2 Å². The van der Waals surface area contributed by atoms with Crippen molar-refractivity contribution in [2.45, 2.75) is 6.54 Å². The summed E-state index contributed by atoms with van der Waals surface area (Å²) in [4.78, 5) is 11.3. The molecule has 3 rings (SSSR count). The first-order valence-electron chi connectivity index (χ1n) is 5.51. The summed E-state index contributed by atoms with van der Waals surface area (Å²) in [6, 6.07) is 9.86. The van der Waals surface area contributed by atoms with Crippen LogP contribution in [0, 0.1) is 0 Å². The molecular weight excluding hydrogens is 230 g/mol. The van der Waals surface area contributed by atoms with Gasteiger partial charge in [0.1, 0.15) is 6.33 Å². The van der Waals surface area contributed by atoms with E-state index in [-0.39, 0.29) is 5.69 Å². The molecule has 0 aliphatic heterocycles. The van der Waals surface area contributed by atoms with E-state index in [1.54, 1.807) is 6.20 Å². The van der Waals surface area contributed by atoms with Gasteiger partial charge in [-0.1, -0.05) is 24.3 Å². The number of nitrogens with zero attached hydrogens (tertiary/aromatic N) is 3. The van der Waals surface area contributed by atoms with Crippen LogP contribution in [0.5, 0.6) is 0 Å². The fourth-order valence-corrected chi connectivity index (χ4v) is 1.79. The van der Waals surface area contributed by atoms with Crippen LogP contribution in [-0.2, 0) is 6.54 Å². The number of rotatable bonds is 3. The van der Waals surface area contributed by atoms with Crippen molar-refractivity contribution >= 4 is 0 Å². The van der Waals surface area contributed by atoms with Gasteiger partial charge in [0.25, 0.3) is 0 Å². The normalized spacial score (nSPS) is 10.7. The molecule has 0 atom stereocenters. The maximum Gasteiger partial charge on any atom is 0.343 e. The average molecular weight is 241 g/mol. The molecule has 6 nitrogen and oxygen atoms in total. The molecule has 6 heteroatoms. The van der Waals surface area contributed by atoms with Gasteiger partial charge in [0.2, 0.25) is 0 Å². The van der Waals surface area contributed by atoms with Gasteiger partial charge in [0, 0.05) is 6.20 Å². The minimum absolute atomic E-state index is 0.201. The molecule has 2 heterocycles. The third-order valence-electron chi connectivity index (χ3n) is 2.74. The Morgan fingerprint density at radius 3 is 2.50 bits per heavy atom. The third-order valence-corrected chi connectivity index (χ3v) is 2.74. The SMILES string of the molecule is O=c1[nH]ncn1Cc1ccc(-c2ccn[nH]2)cc1. The van der Waals surface area contributed by atoms with Crippen molar-refractivity contribution < 1.29 is 0 Å². The van der Waals surface area contributed by atoms with Crippen LogP contribution in [0.3, 0.4) is 0 Å². The lowest BCUT2D eigenvalue weighted by Crippen LogP contribution is -2.16. The van der Waals surface area contributed by atoms with Gasteiger partial charge < -0.3 is 0 Å². The van der Waals surface area contributed by atoms with Crippen molar-refractivity contribution in [1.82, 2.24) is 25.0 Å². The molecule has 1 aromatic carbocycles. The van der Waals surface area contributed by atoms with Crippen molar-refractivity contribution in [2.75, 3.05) is 0 Å². The molecule has 0 radical (unpaired) electrons. The summed E-state index contributed by atoms with van der Waals surface area (Å²) in [6.45, 7) is 0.512. The van der Waals surface area contributed by atoms with Crippen molar-refractivity contribution in [1.29, 1.82) is 0 Å². The number of aromatic nitrogens is 5. The standard InChI is InChI=1S/C12H11N5O/c18-12-16-14-8-17(12)7-9-1-3-10(4-2-9)11-5-6-13-15-11/h1-6,8H,7H2,(H,13,15)(H,16,18). The lowest BCUT2D eigenvalue weighted by molar-refractivity contribution is 0.761. The zero-order valence-corrected chi connectivity index (χ0v) is 9.50. The van der Waals surface area contributed by atoms with Crippen LogP contribution in [0.25, 0.3) is 11.3 Å². The van der Waals surface area contributed by atoms with Crippen molar-refractivity contribution in [3.8, 4) is 11.3 Å². The van der Waals surface area contributed by atoms with E-state index in [9.17, 15) is 4.79 Å².